The summed E-state index contributed by atoms with van der Waals surface area (Å²) in [5.74, 6) is 0. The zero-order valence-electron chi connectivity index (χ0n) is 9.08. The molecule has 14 heavy (non-hydrogen) atoms. The van der Waals surface area contributed by atoms with Gasteiger partial charge in [-0.3, -0.25) is 4.90 Å². The molecular weight excluding hydrogens is 174 g/mol. The van der Waals surface area contributed by atoms with E-state index in [2.05, 4.69) is 17.9 Å². The van der Waals surface area contributed by atoms with Crippen LogP contribution < -0.4 is 5.73 Å². The Morgan fingerprint density at radius 2 is 2.36 bits per heavy atom. The van der Waals surface area contributed by atoms with Gasteiger partial charge in [0, 0.05) is 12.6 Å². The molecule has 1 rings (SSSR count). The van der Waals surface area contributed by atoms with Gasteiger partial charge in [0.25, 0.3) is 0 Å². The fourth-order valence-electron chi connectivity index (χ4n) is 2.25. The number of rotatable bonds is 4. The molecule has 0 aliphatic carbocycles. The SMILES string of the molecule is CCCC1CCCCN1CC(N)C#N. The Morgan fingerprint density at radius 3 is 3.00 bits per heavy atom. The van der Waals surface area contributed by atoms with E-state index in [4.69, 9.17) is 11.0 Å². The average molecular weight is 195 g/mol. The molecule has 0 bridgehead atoms. The minimum Gasteiger partial charge on any atom is -0.315 e. The number of hydrogen-bond acceptors (Lipinski definition) is 3. The molecule has 0 radical (unpaired) electrons. The molecule has 3 nitrogen and oxygen atoms in total. The lowest BCUT2D eigenvalue weighted by molar-refractivity contribution is 0.137. The first-order valence-electron chi connectivity index (χ1n) is 5.67. The molecule has 0 saturated carbocycles. The maximum Gasteiger partial charge on any atom is 0.106 e. The molecule has 1 aliphatic heterocycles. The van der Waals surface area contributed by atoms with Gasteiger partial charge in [-0.1, -0.05) is 19.8 Å². The number of nitriles is 1. The molecule has 80 valence electrons. The van der Waals surface area contributed by atoms with Crippen molar-refractivity contribution in [1.29, 1.82) is 5.26 Å². The number of nitrogens with two attached hydrogens (primary N) is 1. The summed E-state index contributed by atoms with van der Waals surface area (Å²) in [6.45, 7) is 4.10. The standard InChI is InChI=1S/C11H21N3/c1-2-5-11-6-3-4-7-14(11)9-10(13)8-12/h10-11H,2-7,9,13H2,1H3. The zero-order chi connectivity index (χ0) is 10.4. The third kappa shape index (κ3) is 3.28. The van der Waals surface area contributed by atoms with Crippen LogP contribution in [0.1, 0.15) is 39.0 Å². The molecule has 2 atom stereocenters. The molecule has 1 heterocycles. The predicted molar refractivity (Wildman–Crippen MR) is 57.7 cm³/mol. The summed E-state index contributed by atoms with van der Waals surface area (Å²) in [6.07, 6.45) is 6.36. The van der Waals surface area contributed by atoms with E-state index in [0.29, 0.717) is 6.04 Å². The molecular formula is C11H21N3. The lowest BCUT2D eigenvalue weighted by atomic mass is 9.98. The third-order valence-corrected chi connectivity index (χ3v) is 2.97. The Bertz CT molecular complexity index is 195. The molecule has 2 unspecified atom stereocenters. The smallest absolute Gasteiger partial charge is 0.106 e. The van der Waals surface area contributed by atoms with Crippen molar-refractivity contribution in [2.24, 2.45) is 5.73 Å². The van der Waals surface area contributed by atoms with Crippen LogP contribution in [0.4, 0.5) is 0 Å². The van der Waals surface area contributed by atoms with E-state index in [1.807, 2.05) is 0 Å². The third-order valence-electron chi connectivity index (χ3n) is 2.97. The molecule has 2 N–H and O–H groups in total. The molecule has 0 aromatic heterocycles. The van der Waals surface area contributed by atoms with Gasteiger partial charge in [0.1, 0.15) is 6.04 Å². The fourth-order valence-corrected chi connectivity index (χ4v) is 2.25. The molecule has 0 aromatic rings. The Labute approximate surface area is 86.9 Å². The summed E-state index contributed by atoms with van der Waals surface area (Å²) in [7, 11) is 0. The highest BCUT2D eigenvalue weighted by Gasteiger charge is 2.22. The van der Waals surface area contributed by atoms with Crippen LogP contribution in [-0.4, -0.2) is 30.1 Å². The highest BCUT2D eigenvalue weighted by molar-refractivity contribution is 4.91. The van der Waals surface area contributed by atoms with E-state index in [-0.39, 0.29) is 6.04 Å². The summed E-state index contributed by atoms with van der Waals surface area (Å²) in [5.41, 5.74) is 5.66. The molecule has 0 aromatic carbocycles. The minimum absolute atomic E-state index is 0.313. The monoisotopic (exact) mass is 195 g/mol. The van der Waals surface area contributed by atoms with Crippen LogP contribution in [0.15, 0.2) is 0 Å². The number of nitrogens with zero attached hydrogens (tertiary/aromatic N) is 2. The molecule has 1 aliphatic rings. The maximum atomic E-state index is 8.68. The van der Waals surface area contributed by atoms with Crippen LogP contribution in [0, 0.1) is 11.3 Å². The van der Waals surface area contributed by atoms with Crippen molar-refractivity contribution in [2.75, 3.05) is 13.1 Å². The van der Waals surface area contributed by atoms with Gasteiger partial charge in [0.2, 0.25) is 0 Å². The van der Waals surface area contributed by atoms with Crippen molar-refractivity contribution in [3.63, 3.8) is 0 Å². The Balaban J connectivity index is 2.42. The second kappa shape index (κ2) is 6.00. The lowest BCUT2D eigenvalue weighted by Gasteiger charge is -2.36. The van der Waals surface area contributed by atoms with Crippen LogP contribution in [0.2, 0.25) is 0 Å². The first kappa shape index (κ1) is 11.5. The van der Waals surface area contributed by atoms with E-state index in [1.165, 1.54) is 32.1 Å². The van der Waals surface area contributed by atoms with E-state index in [9.17, 15) is 0 Å². The summed E-state index contributed by atoms with van der Waals surface area (Å²) < 4.78 is 0. The molecule has 0 spiro atoms. The summed E-state index contributed by atoms with van der Waals surface area (Å²) in [4.78, 5) is 2.40. The summed E-state index contributed by atoms with van der Waals surface area (Å²) >= 11 is 0. The van der Waals surface area contributed by atoms with Crippen LogP contribution in [0.5, 0.6) is 0 Å². The lowest BCUT2D eigenvalue weighted by Crippen LogP contribution is -2.45. The highest BCUT2D eigenvalue weighted by atomic mass is 15.2. The van der Waals surface area contributed by atoms with Crippen molar-refractivity contribution in [1.82, 2.24) is 4.90 Å². The van der Waals surface area contributed by atoms with Crippen LogP contribution in [0.25, 0.3) is 0 Å². The average Bonchev–Trinajstić information content (AvgIpc) is 2.21. The highest BCUT2D eigenvalue weighted by Crippen LogP contribution is 2.20. The van der Waals surface area contributed by atoms with Gasteiger partial charge in [-0.25, -0.2) is 0 Å². The van der Waals surface area contributed by atoms with Crippen LogP contribution in [0.3, 0.4) is 0 Å². The van der Waals surface area contributed by atoms with Gasteiger partial charge < -0.3 is 5.73 Å². The van der Waals surface area contributed by atoms with E-state index in [0.717, 1.165) is 13.1 Å². The summed E-state index contributed by atoms with van der Waals surface area (Å²) in [5, 5.41) is 8.68. The fraction of sp³-hybridized carbons (Fsp3) is 0.909. The van der Waals surface area contributed by atoms with Gasteiger partial charge in [-0.2, -0.15) is 5.26 Å². The summed E-state index contributed by atoms with van der Waals surface area (Å²) in [6, 6.07) is 2.47. The quantitative estimate of drug-likeness (QED) is 0.739. The van der Waals surface area contributed by atoms with E-state index in [1.54, 1.807) is 0 Å². The molecule has 0 amide bonds. The maximum absolute atomic E-state index is 8.68. The van der Waals surface area contributed by atoms with Gasteiger partial charge in [0.05, 0.1) is 6.07 Å². The Hall–Kier alpha value is -0.590. The molecule has 1 saturated heterocycles. The first-order chi connectivity index (χ1) is 6.77. The normalized spacial score (nSPS) is 25.6. The van der Waals surface area contributed by atoms with Crippen molar-refractivity contribution in [3.8, 4) is 6.07 Å². The van der Waals surface area contributed by atoms with Gasteiger partial charge in [-0.05, 0) is 25.8 Å². The number of hydrogen-bond donors (Lipinski definition) is 1. The topological polar surface area (TPSA) is 53.0 Å². The van der Waals surface area contributed by atoms with Crippen LogP contribution in [-0.2, 0) is 0 Å². The van der Waals surface area contributed by atoms with Gasteiger partial charge >= 0.3 is 0 Å². The van der Waals surface area contributed by atoms with Crippen LogP contribution >= 0.6 is 0 Å². The Morgan fingerprint density at radius 1 is 1.57 bits per heavy atom. The second-order valence-corrected chi connectivity index (χ2v) is 4.17. The molecule has 1 fully saturated rings. The van der Waals surface area contributed by atoms with Crippen molar-refractivity contribution >= 4 is 0 Å². The minimum atomic E-state index is -0.313. The van der Waals surface area contributed by atoms with Crippen molar-refractivity contribution in [3.05, 3.63) is 0 Å². The van der Waals surface area contributed by atoms with Gasteiger partial charge in [-0.15, -0.1) is 0 Å². The van der Waals surface area contributed by atoms with E-state index >= 15 is 0 Å². The molecule has 3 heteroatoms. The van der Waals surface area contributed by atoms with Crippen molar-refractivity contribution < 1.29 is 0 Å². The van der Waals surface area contributed by atoms with Crippen molar-refractivity contribution in [2.45, 2.75) is 51.1 Å². The van der Waals surface area contributed by atoms with E-state index < -0.39 is 0 Å². The number of piperidine rings is 1. The number of likely N-dealkylation sites (tertiary alicyclic amines) is 1. The zero-order valence-corrected chi connectivity index (χ0v) is 9.08. The Kier molecular flexibility index (Phi) is 4.92. The van der Waals surface area contributed by atoms with Gasteiger partial charge in [0.15, 0.2) is 0 Å². The predicted octanol–water partition coefficient (Wildman–Crippen LogP) is 1.49. The largest absolute Gasteiger partial charge is 0.315 e. The first-order valence-corrected chi connectivity index (χ1v) is 5.67. The second-order valence-electron chi connectivity index (χ2n) is 4.17.